The maximum Gasteiger partial charge on any atom is 0.287 e. The molecule has 8 heteroatoms. The molecule has 4 aromatic rings. The van der Waals surface area contributed by atoms with Gasteiger partial charge >= 0.3 is 0 Å². The van der Waals surface area contributed by atoms with Crippen LogP contribution in [0.15, 0.2) is 61.1 Å². The number of nitrogens with one attached hydrogen (secondary N) is 1. The minimum Gasteiger partial charge on any atom is -0.348 e. The topological polar surface area (TPSA) is 65.8 Å². The fraction of sp³-hybridized carbons (Fsp3) is 0.296. The molecule has 0 spiro atoms. The molecule has 4 heterocycles. The van der Waals surface area contributed by atoms with E-state index in [1.54, 1.807) is 31.5 Å². The number of imidazole rings is 1. The number of hydrogen-bond acceptors (Lipinski definition) is 5. The SMILES string of the molecule is Cc1cc(-c2ncccc2-c2ccc3cnc(C(=O)NCCN4CCN(C)CC4)n3c2)ccc1F. The van der Waals surface area contributed by atoms with Crippen LogP contribution in [0, 0.1) is 12.7 Å². The molecular formula is C27H29FN6O. The summed E-state index contributed by atoms with van der Waals surface area (Å²) in [5.41, 5.74) is 4.80. The van der Waals surface area contributed by atoms with Crippen molar-refractivity contribution in [1.29, 1.82) is 0 Å². The summed E-state index contributed by atoms with van der Waals surface area (Å²) in [5, 5.41) is 3.02. The van der Waals surface area contributed by atoms with Crippen molar-refractivity contribution in [2.45, 2.75) is 6.92 Å². The lowest BCUT2D eigenvalue weighted by molar-refractivity contribution is 0.0930. The molecule has 1 saturated heterocycles. The second kappa shape index (κ2) is 9.93. The molecule has 3 aromatic heterocycles. The number of aryl methyl sites for hydroxylation is 1. The molecule has 1 aromatic carbocycles. The van der Waals surface area contributed by atoms with Crippen LogP contribution in [0.4, 0.5) is 4.39 Å². The molecule has 0 saturated carbocycles. The highest BCUT2D eigenvalue weighted by atomic mass is 19.1. The Morgan fingerprint density at radius 1 is 1.06 bits per heavy atom. The van der Waals surface area contributed by atoms with Gasteiger partial charge in [0.05, 0.1) is 17.4 Å². The largest absolute Gasteiger partial charge is 0.348 e. The van der Waals surface area contributed by atoms with Gasteiger partial charge in [0.2, 0.25) is 5.82 Å². The molecule has 180 valence electrons. The molecule has 0 radical (unpaired) electrons. The van der Waals surface area contributed by atoms with Crippen molar-refractivity contribution >= 4 is 11.4 Å². The number of likely N-dealkylation sites (N-methyl/N-ethyl adjacent to an activating group) is 1. The van der Waals surface area contributed by atoms with Crippen LogP contribution in [-0.4, -0.2) is 76.4 Å². The zero-order valence-corrected chi connectivity index (χ0v) is 20.0. The van der Waals surface area contributed by atoms with Crippen molar-refractivity contribution < 1.29 is 9.18 Å². The highest BCUT2D eigenvalue weighted by Crippen LogP contribution is 2.31. The molecule has 1 aliphatic heterocycles. The number of piperazine rings is 1. The number of amides is 1. The summed E-state index contributed by atoms with van der Waals surface area (Å²) in [6.45, 7) is 7.28. The molecule has 7 nitrogen and oxygen atoms in total. The third kappa shape index (κ3) is 4.94. The zero-order valence-electron chi connectivity index (χ0n) is 20.0. The van der Waals surface area contributed by atoms with Crippen LogP contribution in [0.1, 0.15) is 16.2 Å². The van der Waals surface area contributed by atoms with Crippen molar-refractivity contribution in [3.05, 3.63) is 78.3 Å². The molecule has 1 amide bonds. The average Bonchev–Trinajstić information content (AvgIpc) is 3.30. The number of halogens is 1. The Bertz CT molecular complexity index is 1360. The van der Waals surface area contributed by atoms with Crippen molar-refractivity contribution in [1.82, 2.24) is 29.5 Å². The Balaban J connectivity index is 1.38. The average molecular weight is 473 g/mol. The van der Waals surface area contributed by atoms with Crippen LogP contribution in [0.2, 0.25) is 0 Å². The fourth-order valence-corrected chi connectivity index (χ4v) is 4.46. The second-order valence-corrected chi connectivity index (χ2v) is 9.06. The van der Waals surface area contributed by atoms with Gasteiger partial charge in [-0.15, -0.1) is 0 Å². The summed E-state index contributed by atoms with van der Waals surface area (Å²) < 4.78 is 15.6. The van der Waals surface area contributed by atoms with Gasteiger partial charge in [-0.2, -0.15) is 0 Å². The van der Waals surface area contributed by atoms with E-state index in [1.807, 2.05) is 34.9 Å². The van der Waals surface area contributed by atoms with E-state index < -0.39 is 0 Å². The molecule has 0 bridgehead atoms. The Hall–Kier alpha value is -3.62. The normalized spacial score (nSPS) is 14.9. The Morgan fingerprint density at radius 2 is 1.86 bits per heavy atom. The third-order valence-corrected chi connectivity index (χ3v) is 6.59. The zero-order chi connectivity index (χ0) is 24.4. The van der Waals surface area contributed by atoms with Gasteiger partial charge in [-0.1, -0.05) is 12.1 Å². The summed E-state index contributed by atoms with van der Waals surface area (Å²) >= 11 is 0. The molecule has 1 fully saturated rings. The number of rotatable bonds is 6. The molecule has 35 heavy (non-hydrogen) atoms. The van der Waals surface area contributed by atoms with Gasteiger partial charge in [-0.3, -0.25) is 19.1 Å². The number of nitrogens with zero attached hydrogens (tertiary/aromatic N) is 5. The number of hydrogen-bond donors (Lipinski definition) is 1. The van der Waals surface area contributed by atoms with Crippen LogP contribution in [0.3, 0.4) is 0 Å². The van der Waals surface area contributed by atoms with E-state index in [0.717, 1.165) is 60.6 Å². The van der Waals surface area contributed by atoms with Gasteiger partial charge in [0.1, 0.15) is 5.82 Å². The monoisotopic (exact) mass is 472 g/mol. The summed E-state index contributed by atoms with van der Waals surface area (Å²) in [4.78, 5) is 26.6. The van der Waals surface area contributed by atoms with E-state index in [-0.39, 0.29) is 11.7 Å². The maximum absolute atomic E-state index is 13.8. The second-order valence-electron chi connectivity index (χ2n) is 9.06. The van der Waals surface area contributed by atoms with Gasteiger partial charge in [0.25, 0.3) is 5.91 Å². The predicted octanol–water partition coefficient (Wildman–Crippen LogP) is 3.49. The number of aromatic nitrogens is 3. The van der Waals surface area contributed by atoms with Gasteiger partial charge in [-0.25, -0.2) is 9.37 Å². The molecule has 1 N–H and O–H groups in total. The Morgan fingerprint density at radius 3 is 2.66 bits per heavy atom. The Kier molecular flexibility index (Phi) is 6.57. The summed E-state index contributed by atoms with van der Waals surface area (Å²) in [7, 11) is 2.13. The molecular weight excluding hydrogens is 443 g/mol. The fourth-order valence-electron chi connectivity index (χ4n) is 4.46. The molecule has 0 unspecified atom stereocenters. The first kappa shape index (κ1) is 23.1. The summed E-state index contributed by atoms with van der Waals surface area (Å²) in [6, 6.07) is 12.8. The lowest BCUT2D eigenvalue weighted by atomic mass is 9.99. The van der Waals surface area contributed by atoms with E-state index >= 15 is 0 Å². The van der Waals surface area contributed by atoms with Crippen LogP contribution in [0.5, 0.6) is 0 Å². The predicted molar refractivity (Wildman–Crippen MR) is 135 cm³/mol. The first-order chi connectivity index (χ1) is 17.0. The van der Waals surface area contributed by atoms with Crippen molar-refractivity contribution in [2.75, 3.05) is 46.3 Å². The van der Waals surface area contributed by atoms with Gasteiger partial charge < -0.3 is 10.2 Å². The number of pyridine rings is 2. The van der Waals surface area contributed by atoms with Crippen LogP contribution < -0.4 is 5.32 Å². The van der Waals surface area contributed by atoms with Crippen molar-refractivity contribution in [2.24, 2.45) is 0 Å². The third-order valence-electron chi connectivity index (χ3n) is 6.59. The highest BCUT2D eigenvalue weighted by molar-refractivity contribution is 5.92. The van der Waals surface area contributed by atoms with Crippen molar-refractivity contribution in [3.63, 3.8) is 0 Å². The van der Waals surface area contributed by atoms with E-state index in [0.29, 0.717) is 17.9 Å². The van der Waals surface area contributed by atoms with Crippen molar-refractivity contribution in [3.8, 4) is 22.4 Å². The van der Waals surface area contributed by atoms with E-state index in [2.05, 4.69) is 32.1 Å². The van der Waals surface area contributed by atoms with Crippen LogP contribution >= 0.6 is 0 Å². The first-order valence-corrected chi connectivity index (χ1v) is 11.9. The van der Waals surface area contributed by atoms with E-state index in [4.69, 9.17) is 0 Å². The quantitative estimate of drug-likeness (QED) is 0.466. The molecule has 0 aliphatic carbocycles. The van der Waals surface area contributed by atoms with Gasteiger partial charge in [-0.05, 0) is 49.9 Å². The lowest BCUT2D eigenvalue weighted by Gasteiger charge is -2.32. The maximum atomic E-state index is 13.8. The van der Waals surface area contributed by atoms with Gasteiger partial charge in [0, 0.05) is 68.4 Å². The van der Waals surface area contributed by atoms with Crippen LogP contribution in [0.25, 0.3) is 27.9 Å². The Labute approximate surface area is 204 Å². The molecule has 1 aliphatic rings. The van der Waals surface area contributed by atoms with E-state index in [1.165, 1.54) is 6.07 Å². The lowest BCUT2D eigenvalue weighted by Crippen LogP contribution is -2.47. The smallest absolute Gasteiger partial charge is 0.287 e. The first-order valence-electron chi connectivity index (χ1n) is 11.9. The minimum atomic E-state index is -0.241. The van der Waals surface area contributed by atoms with Gasteiger partial charge in [0.15, 0.2) is 0 Å². The number of carbonyl (C=O) groups is 1. The summed E-state index contributed by atoms with van der Waals surface area (Å²) in [6.07, 6.45) is 5.34. The highest BCUT2D eigenvalue weighted by Gasteiger charge is 2.17. The standard InChI is InChI=1S/C27H29FN6O/c1-19-16-20(6-8-24(19)28)25-23(4-3-9-29-25)21-5-7-22-17-31-26(34(22)18-21)27(35)30-10-11-33-14-12-32(2)13-15-33/h3-9,16-18H,10-15H2,1-2H3,(H,30,35). The number of benzene rings is 1. The van der Waals surface area contributed by atoms with E-state index in [9.17, 15) is 9.18 Å². The van der Waals surface area contributed by atoms with Crippen LogP contribution in [-0.2, 0) is 0 Å². The number of fused-ring (bicyclic) bond motifs is 1. The summed E-state index contributed by atoms with van der Waals surface area (Å²) in [5.74, 6) is -0.0884. The molecule has 0 atom stereocenters. The molecule has 5 rings (SSSR count). The number of carbonyl (C=O) groups excluding carboxylic acids is 1. The minimum absolute atomic E-state index is 0.197.